The van der Waals surface area contributed by atoms with Gasteiger partial charge in [0.25, 0.3) is 20.2 Å². The Bertz CT molecular complexity index is 2890. The molecule has 348 valence electrons. The predicted octanol–water partition coefficient (Wildman–Crippen LogP) is 12.3. The SMILES string of the molecule is CCCCCN1/C(=C/C=C2\CCCC(/C=C/C3=[N+](Cc4ccc(CC5CSCS5)cc4)c4ccc(S(=O)(=O)O)cc4C3(C)C)=C2Oc2ccc(S(=O)(=O)O)cc2)C(C)(C)c2cc(C)ccc21. The van der Waals surface area contributed by atoms with Crippen LogP contribution in [0.3, 0.4) is 0 Å². The molecule has 1 aliphatic carbocycles. The zero-order valence-corrected chi connectivity index (χ0v) is 42.0. The van der Waals surface area contributed by atoms with Crippen LogP contribution in [-0.2, 0) is 44.0 Å². The molecule has 0 radical (unpaired) electrons. The zero-order chi connectivity index (χ0) is 47.0. The number of benzene rings is 4. The van der Waals surface area contributed by atoms with Gasteiger partial charge in [-0.05, 0) is 130 Å². The Balaban J connectivity index is 1.22. The first kappa shape index (κ1) is 48.1. The Morgan fingerprint density at radius 1 is 0.803 bits per heavy atom. The second-order valence-electron chi connectivity index (χ2n) is 18.9. The minimum Gasteiger partial charge on any atom is -0.457 e. The third kappa shape index (κ3) is 10.2. The number of aryl methyl sites for hydroxylation is 1. The summed E-state index contributed by atoms with van der Waals surface area (Å²) in [6.45, 7) is 14.6. The van der Waals surface area contributed by atoms with E-state index in [4.69, 9.17) is 4.74 Å². The van der Waals surface area contributed by atoms with E-state index in [0.29, 0.717) is 23.3 Å². The van der Waals surface area contributed by atoms with Crippen molar-refractivity contribution in [1.29, 1.82) is 0 Å². The molecule has 4 aromatic carbocycles. The van der Waals surface area contributed by atoms with E-state index in [1.54, 1.807) is 24.3 Å². The molecule has 8 rings (SSSR count). The highest BCUT2D eigenvalue weighted by atomic mass is 32.2. The molecule has 0 amide bonds. The molecule has 1 atom stereocenters. The Morgan fingerprint density at radius 2 is 1.52 bits per heavy atom. The zero-order valence-electron chi connectivity index (χ0n) is 38.7. The lowest BCUT2D eigenvalue weighted by atomic mass is 9.81. The van der Waals surface area contributed by atoms with Gasteiger partial charge in [0, 0.05) is 62.7 Å². The fraction of sp³-hybridized carbons (Fsp3) is 0.377. The van der Waals surface area contributed by atoms with E-state index in [-0.39, 0.29) is 15.2 Å². The normalized spacial score (nSPS) is 20.5. The molecule has 1 unspecified atom stereocenters. The van der Waals surface area contributed by atoms with Gasteiger partial charge in [-0.3, -0.25) is 9.11 Å². The highest BCUT2D eigenvalue weighted by Gasteiger charge is 2.45. The molecule has 4 aromatic rings. The molecule has 0 bridgehead atoms. The van der Waals surface area contributed by atoms with Gasteiger partial charge in [-0.15, -0.1) is 23.5 Å². The van der Waals surface area contributed by atoms with E-state index >= 15 is 0 Å². The second kappa shape index (κ2) is 19.3. The van der Waals surface area contributed by atoms with Gasteiger partial charge in [0.2, 0.25) is 5.69 Å². The van der Waals surface area contributed by atoms with Crippen molar-refractivity contribution in [2.75, 3.05) is 22.3 Å². The summed E-state index contributed by atoms with van der Waals surface area (Å²) in [6, 6.07) is 26.2. The Kier molecular flexibility index (Phi) is 14.1. The molecule has 3 aliphatic heterocycles. The Hall–Kier alpha value is -4.37. The third-order valence-electron chi connectivity index (χ3n) is 13.4. The smallest absolute Gasteiger partial charge is 0.294 e. The fourth-order valence-electron chi connectivity index (χ4n) is 9.76. The van der Waals surface area contributed by atoms with Crippen LogP contribution in [0.15, 0.2) is 142 Å². The number of unbranched alkanes of at least 4 members (excludes halogenated alkanes) is 2. The lowest BCUT2D eigenvalue weighted by molar-refractivity contribution is -0.455. The minimum atomic E-state index is -4.45. The molecule has 3 heterocycles. The van der Waals surface area contributed by atoms with Crippen LogP contribution in [0.25, 0.3) is 0 Å². The molecule has 2 N–H and O–H groups in total. The third-order valence-corrected chi connectivity index (χ3v) is 18.0. The van der Waals surface area contributed by atoms with Crippen molar-refractivity contribution < 1.29 is 35.3 Å². The van der Waals surface area contributed by atoms with E-state index < -0.39 is 25.7 Å². The molecule has 0 saturated carbocycles. The number of rotatable bonds is 15. The number of fused-ring (bicyclic) bond motifs is 2. The quantitative estimate of drug-likeness (QED) is 0.0676. The summed E-state index contributed by atoms with van der Waals surface area (Å²) < 4.78 is 77.7. The van der Waals surface area contributed by atoms with Crippen molar-refractivity contribution >= 4 is 60.8 Å². The van der Waals surface area contributed by atoms with Gasteiger partial charge in [0.15, 0.2) is 12.3 Å². The van der Waals surface area contributed by atoms with E-state index in [2.05, 4.69) is 118 Å². The van der Waals surface area contributed by atoms with Crippen LogP contribution < -0.4 is 9.64 Å². The molecule has 0 spiro atoms. The maximum absolute atomic E-state index is 12.4. The van der Waals surface area contributed by atoms with E-state index in [1.807, 2.05) is 23.5 Å². The average molecular weight is 966 g/mol. The van der Waals surface area contributed by atoms with E-state index in [9.17, 15) is 25.9 Å². The summed E-state index contributed by atoms with van der Waals surface area (Å²) in [7, 11) is -8.85. The van der Waals surface area contributed by atoms with Crippen molar-refractivity contribution in [3.05, 3.63) is 160 Å². The topological polar surface area (TPSA) is 124 Å². The fourth-order valence-corrected chi connectivity index (χ4v) is 13.7. The first-order valence-corrected chi connectivity index (χ1v) is 27.9. The number of thioether (sulfide) groups is 2. The van der Waals surface area contributed by atoms with Gasteiger partial charge in [-0.1, -0.05) is 81.7 Å². The molecule has 1 fully saturated rings. The van der Waals surface area contributed by atoms with Crippen molar-refractivity contribution in [3.63, 3.8) is 0 Å². The molecule has 4 aliphatic rings. The molecular weight excluding hydrogens is 905 g/mol. The minimum absolute atomic E-state index is 0.144. The predicted molar refractivity (Wildman–Crippen MR) is 271 cm³/mol. The molecule has 9 nitrogen and oxygen atoms in total. The second-order valence-corrected chi connectivity index (χ2v) is 24.4. The van der Waals surface area contributed by atoms with Crippen LogP contribution in [0.4, 0.5) is 11.4 Å². The number of anilines is 1. The van der Waals surface area contributed by atoms with Gasteiger partial charge in [-0.2, -0.15) is 21.4 Å². The van der Waals surface area contributed by atoms with E-state index in [0.717, 1.165) is 90.2 Å². The first-order chi connectivity index (χ1) is 31.3. The Morgan fingerprint density at radius 3 is 2.20 bits per heavy atom. The summed E-state index contributed by atoms with van der Waals surface area (Å²) in [4.78, 5) is 2.12. The summed E-state index contributed by atoms with van der Waals surface area (Å²) in [5, 5.41) is 1.77. The van der Waals surface area contributed by atoms with Crippen molar-refractivity contribution in [2.45, 2.75) is 119 Å². The first-order valence-electron chi connectivity index (χ1n) is 22.9. The summed E-state index contributed by atoms with van der Waals surface area (Å²) in [5.41, 5.74) is 11.1. The molecule has 0 aromatic heterocycles. The molecule has 66 heavy (non-hydrogen) atoms. The van der Waals surface area contributed by atoms with Gasteiger partial charge in [0.1, 0.15) is 11.5 Å². The highest BCUT2D eigenvalue weighted by molar-refractivity contribution is 8.19. The summed E-state index contributed by atoms with van der Waals surface area (Å²) in [6.07, 6.45) is 15.4. The number of nitrogens with zero attached hydrogens (tertiary/aromatic N) is 2. The van der Waals surface area contributed by atoms with Gasteiger partial charge in [0.05, 0.1) is 15.2 Å². The summed E-state index contributed by atoms with van der Waals surface area (Å²) in [5.74, 6) is 2.29. The molecule has 13 heteroatoms. The molecule has 1 saturated heterocycles. The maximum atomic E-state index is 12.4. The van der Waals surface area contributed by atoms with Crippen LogP contribution in [0.5, 0.6) is 5.75 Å². The lowest BCUT2D eigenvalue weighted by Gasteiger charge is -2.27. The van der Waals surface area contributed by atoms with Crippen molar-refractivity contribution in [3.8, 4) is 5.75 Å². The van der Waals surface area contributed by atoms with E-state index in [1.165, 1.54) is 52.0 Å². The van der Waals surface area contributed by atoms with Crippen LogP contribution in [0.2, 0.25) is 0 Å². The Labute approximate surface area is 400 Å². The van der Waals surface area contributed by atoms with Crippen LogP contribution in [0, 0.1) is 6.92 Å². The number of allylic oxidation sites excluding steroid dienone is 7. The average Bonchev–Trinajstić information content (AvgIpc) is 3.91. The largest absolute Gasteiger partial charge is 0.457 e. The standard InChI is InChI=1S/C53H60N2O7S4/c1-7-8-9-29-54-47-25-13-36(2)30-45(47)52(3,4)49(54)27-18-39-11-10-12-40(51(39)62-41-20-22-43(23-21-41)65(56,57)58)19-28-50-53(5,6)46-32-44(66(59,60)61)24-26-48(46)55(50)33-38-16-14-37(15-17-38)31-42-34-63-35-64-42/h13-28,30,32,42H,7-12,29,31,33-35H2,1-6H3,(H-,56,57,58,59,60,61)/p+1. The van der Waals surface area contributed by atoms with Gasteiger partial charge >= 0.3 is 0 Å². The number of hydrogen-bond acceptors (Lipinski definition) is 8. The summed E-state index contributed by atoms with van der Waals surface area (Å²) >= 11 is 4.02. The van der Waals surface area contributed by atoms with Gasteiger partial charge in [-0.25, -0.2) is 0 Å². The number of hydrogen-bond donors (Lipinski definition) is 2. The lowest BCUT2D eigenvalue weighted by Crippen LogP contribution is -2.27. The monoisotopic (exact) mass is 965 g/mol. The van der Waals surface area contributed by atoms with Crippen molar-refractivity contribution in [1.82, 2.24) is 0 Å². The van der Waals surface area contributed by atoms with Crippen LogP contribution >= 0.6 is 23.5 Å². The van der Waals surface area contributed by atoms with Crippen LogP contribution in [-0.4, -0.2) is 58.9 Å². The number of ether oxygens (including phenoxy) is 1. The molecular formula is C53H61N2O7S4+. The highest BCUT2D eigenvalue weighted by Crippen LogP contribution is 2.49. The van der Waals surface area contributed by atoms with Crippen molar-refractivity contribution in [2.24, 2.45) is 0 Å². The van der Waals surface area contributed by atoms with Gasteiger partial charge < -0.3 is 9.64 Å². The maximum Gasteiger partial charge on any atom is 0.294 e. The van der Waals surface area contributed by atoms with Crippen LogP contribution in [0.1, 0.15) is 101 Å².